The first-order valence-corrected chi connectivity index (χ1v) is 2.68. The maximum absolute atomic E-state index is 10.5. The third-order valence-electron chi connectivity index (χ3n) is 1.33. The lowest BCUT2D eigenvalue weighted by molar-refractivity contribution is -0.122. The molecule has 0 aliphatic carbocycles. The van der Waals surface area contributed by atoms with Gasteiger partial charge in [-0.1, -0.05) is 6.92 Å². The van der Waals surface area contributed by atoms with Crippen LogP contribution in [0, 0.1) is 5.92 Å². The molecular weight excluding hydrogens is 106 g/mol. The van der Waals surface area contributed by atoms with Crippen molar-refractivity contribution in [2.75, 3.05) is 0 Å². The summed E-state index contributed by atoms with van der Waals surface area (Å²) in [5, 5.41) is 11.1. The number of hydrogen-bond acceptors (Lipinski definition) is 2. The minimum atomic E-state index is -0.600. The zero-order valence-corrected chi connectivity index (χ0v) is 4.72. The second kappa shape index (κ2) is 1.74. The highest BCUT2D eigenvalue weighted by atomic mass is 16.3. The molecule has 0 saturated carbocycles. The van der Waals surface area contributed by atoms with Gasteiger partial charge in [-0.25, -0.2) is 0 Å². The van der Waals surface area contributed by atoms with Crippen LogP contribution in [-0.2, 0) is 4.79 Å². The van der Waals surface area contributed by atoms with E-state index in [1.807, 2.05) is 0 Å². The van der Waals surface area contributed by atoms with E-state index in [1.54, 1.807) is 6.92 Å². The Labute approximate surface area is 47.7 Å². The third-order valence-corrected chi connectivity index (χ3v) is 1.33. The van der Waals surface area contributed by atoms with E-state index in [9.17, 15) is 4.79 Å². The molecule has 1 aliphatic heterocycles. The van der Waals surface area contributed by atoms with Crippen molar-refractivity contribution in [2.45, 2.75) is 19.6 Å². The molecule has 0 aromatic heterocycles. The summed E-state index contributed by atoms with van der Waals surface area (Å²) in [6.07, 6.45) is -0.0451. The topological polar surface area (TPSA) is 49.3 Å². The van der Waals surface area contributed by atoms with Crippen LogP contribution in [0.2, 0.25) is 0 Å². The molecule has 1 amide bonds. The van der Waals surface area contributed by atoms with E-state index in [4.69, 9.17) is 5.11 Å². The number of carbonyl (C=O) groups is 1. The van der Waals surface area contributed by atoms with Crippen LogP contribution in [0.4, 0.5) is 0 Å². The zero-order valence-electron chi connectivity index (χ0n) is 4.72. The van der Waals surface area contributed by atoms with E-state index in [0.29, 0.717) is 6.42 Å². The summed E-state index contributed by atoms with van der Waals surface area (Å²) in [4.78, 5) is 10.5. The maximum Gasteiger partial charge on any atom is 0.224 e. The van der Waals surface area contributed by atoms with E-state index < -0.39 is 6.23 Å². The highest BCUT2D eigenvalue weighted by Gasteiger charge is 2.25. The SMILES string of the molecule is CC1CC(O)NC1=O. The summed E-state index contributed by atoms with van der Waals surface area (Å²) >= 11 is 0. The molecular formula is C5H9NO2. The normalized spacial score (nSPS) is 37.5. The molecule has 1 rings (SSSR count). The largest absolute Gasteiger partial charge is 0.374 e. The van der Waals surface area contributed by atoms with E-state index >= 15 is 0 Å². The van der Waals surface area contributed by atoms with Gasteiger partial charge in [0.2, 0.25) is 5.91 Å². The smallest absolute Gasteiger partial charge is 0.224 e. The summed E-state index contributed by atoms with van der Waals surface area (Å²) < 4.78 is 0. The predicted molar refractivity (Wildman–Crippen MR) is 27.9 cm³/mol. The molecule has 8 heavy (non-hydrogen) atoms. The first-order chi connectivity index (χ1) is 3.70. The second-order valence-corrected chi connectivity index (χ2v) is 2.16. The monoisotopic (exact) mass is 115 g/mol. The molecule has 0 aromatic carbocycles. The molecule has 3 nitrogen and oxygen atoms in total. The Kier molecular flexibility index (Phi) is 1.21. The lowest BCUT2D eigenvalue weighted by atomic mass is 10.1. The summed E-state index contributed by atoms with van der Waals surface area (Å²) in [5.74, 6) is -0.0532. The van der Waals surface area contributed by atoms with Crippen molar-refractivity contribution in [2.24, 2.45) is 5.92 Å². The molecule has 1 heterocycles. The van der Waals surface area contributed by atoms with E-state index in [0.717, 1.165) is 0 Å². The highest BCUT2D eigenvalue weighted by Crippen LogP contribution is 2.11. The lowest BCUT2D eigenvalue weighted by Gasteiger charge is -1.95. The molecule has 1 fully saturated rings. The van der Waals surface area contributed by atoms with Crippen molar-refractivity contribution in [3.05, 3.63) is 0 Å². The molecule has 1 aliphatic rings. The quantitative estimate of drug-likeness (QED) is 0.445. The molecule has 2 atom stereocenters. The summed E-state index contributed by atoms with van der Waals surface area (Å²) in [6.45, 7) is 1.80. The molecule has 0 radical (unpaired) electrons. The van der Waals surface area contributed by atoms with Crippen molar-refractivity contribution in [3.8, 4) is 0 Å². The molecule has 2 unspecified atom stereocenters. The molecule has 3 heteroatoms. The number of aliphatic hydroxyl groups excluding tert-OH is 1. The molecule has 0 aromatic rings. The van der Waals surface area contributed by atoms with Gasteiger partial charge in [0.15, 0.2) is 0 Å². The number of carbonyl (C=O) groups excluding carboxylic acids is 1. The average Bonchev–Trinajstić information content (AvgIpc) is 1.85. The van der Waals surface area contributed by atoms with Gasteiger partial charge in [0.25, 0.3) is 0 Å². The Morgan fingerprint density at radius 1 is 1.88 bits per heavy atom. The van der Waals surface area contributed by atoms with Crippen LogP contribution in [0.1, 0.15) is 13.3 Å². The maximum atomic E-state index is 10.5. The molecule has 2 N–H and O–H groups in total. The minimum Gasteiger partial charge on any atom is -0.374 e. The first-order valence-electron chi connectivity index (χ1n) is 2.68. The molecule has 1 saturated heterocycles. The summed E-state index contributed by atoms with van der Waals surface area (Å²) in [5.41, 5.74) is 0. The Balaban J connectivity index is 2.51. The van der Waals surface area contributed by atoms with Crippen molar-refractivity contribution in [1.29, 1.82) is 0 Å². The van der Waals surface area contributed by atoms with Gasteiger partial charge in [-0.15, -0.1) is 0 Å². The van der Waals surface area contributed by atoms with Crippen LogP contribution >= 0.6 is 0 Å². The fourth-order valence-corrected chi connectivity index (χ4v) is 0.807. The zero-order chi connectivity index (χ0) is 6.15. The second-order valence-electron chi connectivity index (χ2n) is 2.16. The van der Waals surface area contributed by atoms with Gasteiger partial charge in [0.1, 0.15) is 6.23 Å². The Hall–Kier alpha value is -0.570. The number of amides is 1. The van der Waals surface area contributed by atoms with Crippen LogP contribution in [0.15, 0.2) is 0 Å². The lowest BCUT2D eigenvalue weighted by Crippen LogP contribution is -2.25. The molecule has 0 spiro atoms. The van der Waals surface area contributed by atoms with Crippen molar-refractivity contribution >= 4 is 5.91 Å². The van der Waals surface area contributed by atoms with Crippen LogP contribution < -0.4 is 5.32 Å². The average molecular weight is 115 g/mol. The van der Waals surface area contributed by atoms with E-state index in [1.165, 1.54) is 0 Å². The van der Waals surface area contributed by atoms with E-state index in [2.05, 4.69) is 5.32 Å². The number of rotatable bonds is 0. The van der Waals surface area contributed by atoms with Crippen LogP contribution in [0.5, 0.6) is 0 Å². The van der Waals surface area contributed by atoms with Gasteiger partial charge in [-0.2, -0.15) is 0 Å². The Morgan fingerprint density at radius 3 is 2.62 bits per heavy atom. The van der Waals surface area contributed by atoms with Gasteiger partial charge in [-0.05, 0) is 0 Å². The first kappa shape index (κ1) is 5.56. The van der Waals surface area contributed by atoms with Crippen molar-refractivity contribution < 1.29 is 9.90 Å². The van der Waals surface area contributed by atoms with E-state index in [-0.39, 0.29) is 11.8 Å². The number of aliphatic hydroxyl groups is 1. The van der Waals surface area contributed by atoms with Crippen LogP contribution in [-0.4, -0.2) is 17.2 Å². The fourth-order valence-electron chi connectivity index (χ4n) is 0.807. The van der Waals surface area contributed by atoms with Crippen LogP contribution in [0.3, 0.4) is 0 Å². The highest BCUT2D eigenvalue weighted by molar-refractivity contribution is 5.80. The van der Waals surface area contributed by atoms with Crippen LogP contribution in [0.25, 0.3) is 0 Å². The minimum absolute atomic E-state index is 0.00926. The predicted octanol–water partition coefficient (Wildman–Crippen LogP) is -0.539. The molecule has 46 valence electrons. The fraction of sp³-hybridized carbons (Fsp3) is 0.800. The van der Waals surface area contributed by atoms with Gasteiger partial charge in [0, 0.05) is 12.3 Å². The summed E-state index contributed by atoms with van der Waals surface area (Å²) in [6, 6.07) is 0. The van der Waals surface area contributed by atoms with Gasteiger partial charge in [-0.3, -0.25) is 4.79 Å². The van der Waals surface area contributed by atoms with Gasteiger partial charge >= 0.3 is 0 Å². The van der Waals surface area contributed by atoms with Crippen molar-refractivity contribution in [3.63, 3.8) is 0 Å². The standard InChI is InChI=1S/C5H9NO2/c1-3-2-4(7)6-5(3)8/h3-4,7H,2H2,1H3,(H,6,8). The number of hydrogen-bond donors (Lipinski definition) is 2. The number of nitrogens with one attached hydrogen (secondary N) is 1. The molecule has 0 bridgehead atoms. The van der Waals surface area contributed by atoms with Gasteiger partial charge < -0.3 is 10.4 Å². The third kappa shape index (κ3) is 0.816. The summed E-state index contributed by atoms with van der Waals surface area (Å²) in [7, 11) is 0. The van der Waals surface area contributed by atoms with Gasteiger partial charge in [0.05, 0.1) is 0 Å². The van der Waals surface area contributed by atoms with Crippen molar-refractivity contribution in [1.82, 2.24) is 5.32 Å². The Bertz CT molecular complexity index is 113. The Morgan fingerprint density at radius 2 is 2.50 bits per heavy atom.